The number of aryl methyl sites for hydroxylation is 1. The van der Waals surface area contributed by atoms with Gasteiger partial charge < -0.3 is 10.3 Å². The Morgan fingerprint density at radius 1 is 1.27 bits per heavy atom. The molecule has 26 heavy (non-hydrogen) atoms. The quantitative estimate of drug-likeness (QED) is 0.818. The number of alkyl halides is 3. The number of nitrogens with zero attached hydrogens (tertiary/aromatic N) is 2. The highest BCUT2D eigenvalue weighted by atomic mass is 19.4. The highest BCUT2D eigenvalue weighted by Gasteiger charge is 2.30. The van der Waals surface area contributed by atoms with Crippen LogP contribution in [0.4, 0.5) is 13.2 Å². The molecule has 6 nitrogen and oxygen atoms in total. The molecule has 1 aliphatic rings. The molecule has 1 fully saturated rings. The van der Waals surface area contributed by atoms with Gasteiger partial charge in [-0.3, -0.25) is 9.59 Å². The van der Waals surface area contributed by atoms with Crippen molar-refractivity contribution in [1.29, 1.82) is 0 Å². The van der Waals surface area contributed by atoms with Crippen LogP contribution < -0.4 is 10.9 Å². The van der Waals surface area contributed by atoms with Gasteiger partial charge in [0.25, 0.3) is 5.56 Å². The van der Waals surface area contributed by atoms with E-state index in [4.69, 9.17) is 0 Å². The van der Waals surface area contributed by atoms with Crippen LogP contribution in [0.2, 0.25) is 0 Å². The molecule has 1 aliphatic carbocycles. The maximum absolute atomic E-state index is 12.7. The number of amides is 1. The van der Waals surface area contributed by atoms with Gasteiger partial charge in [0, 0.05) is 25.3 Å². The van der Waals surface area contributed by atoms with Crippen molar-refractivity contribution in [3.63, 3.8) is 0 Å². The van der Waals surface area contributed by atoms with Gasteiger partial charge in [-0.05, 0) is 24.5 Å². The highest BCUT2D eigenvalue weighted by Crippen LogP contribution is 2.29. The Morgan fingerprint density at radius 2 is 2.04 bits per heavy atom. The second-order valence-corrected chi connectivity index (χ2v) is 6.26. The van der Waals surface area contributed by atoms with Crippen molar-refractivity contribution in [2.45, 2.75) is 44.3 Å². The van der Waals surface area contributed by atoms with E-state index in [1.54, 1.807) is 0 Å². The first kappa shape index (κ1) is 18.1. The number of nitrogens with one attached hydrogen (secondary N) is 2. The summed E-state index contributed by atoms with van der Waals surface area (Å²) in [5.74, 6) is 0.0299. The highest BCUT2D eigenvalue weighted by molar-refractivity contribution is 5.76. The maximum atomic E-state index is 12.7. The molecule has 138 valence electrons. The first-order chi connectivity index (χ1) is 12.3. The summed E-state index contributed by atoms with van der Waals surface area (Å²) in [6.45, 7) is 0. The molecule has 1 saturated carbocycles. The van der Waals surface area contributed by atoms with Crippen LogP contribution in [0, 0.1) is 0 Å². The van der Waals surface area contributed by atoms with Crippen molar-refractivity contribution in [1.82, 2.24) is 20.5 Å². The number of H-pyrrole nitrogens is 1. The number of benzene rings is 1. The molecule has 0 spiro atoms. The lowest BCUT2D eigenvalue weighted by molar-refractivity contribution is -0.137. The molecule has 2 aromatic rings. The molecule has 2 N–H and O–H groups in total. The maximum Gasteiger partial charge on any atom is 0.416 e. The second kappa shape index (κ2) is 7.27. The molecule has 0 saturated heterocycles. The van der Waals surface area contributed by atoms with Crippen LogP contribution in [-0.4, -0.2) is 27.1 Å². The van der Waals surface area contributed by atoms with Gasteiger partial charge in [0.05, 0.1) is 5.56 Å². The fourth-order valence-electron chi connectivity index (χ4n) is 2.45. The molecule has 1 aromatic heterocycles. The first-order valence-electron chi connectivity index (χ1n) is 8.21. The van der Waals surface area contributed by atoms with Gasteiger partial charge in [0.1, 0.15) is 11.5 Å². The molecule has 0 bridgehead atoms. The molecule has 0 atom stereocenters. The zero-order valence-corrected chi connectivity index (χ0v) is 13.8. The van der Waals surface area contributed by atoms with Gasteiger partial charge >= 0.3 is 6.18 Å². The summed E-state index contributed by atoms with van der Waals surface area (Å²) in [5, 5.41) is 10.5. The smallest absolute Gasteiger partial charge is 0.353 e. The van der Waals surface area contributed by atoms with E-state index in [0.717, 1.165) is 25.0 Å². The van der Waals surface area contributed by atoms with Crippen LogP contribution in [0.1, 0.15) is 41.9 Å². The number of halogens is 3. The summed E-state index contributed by atoms with van der Waals surface area (Å²) >= 11 is 0. The van der Waals surface area contributed by atoms with Gasteiger partial charge in [-0.1, -0.05) is 18.2 Å². The van der Waals surface area contributed by atoms with Crippen LogP contribution >= 0.6 is 0 Å². The Bertz CT molecular complexity index is 860. The van der Waals surface area contributed by atoms with Crippen LogP contribution in [0.15, 0.2) is 29.1 Å². The molecule has 9 heteroatoms. The van der Waals surface area contributed by atoms with E-state index >= 15 is 0 Å². The van der Waals surface area contributed by atoms with Crippen LogP contribution in [-0.2, 0) is 23.8 Å². The number of carbonyl (C=O) groups is 1. The predicted octanol–water partition coefficient (Wildman–Crippen LogP) is 1.99. The summed E-state index contributed by atoms with van der Waals surface area (Å²) in [6.07, 6.45) is -2.15. The van der Waals surface area contributed by atoms with Crippen LogP contribution in [0.25, 0.3) is 0 Å². The van der Waals surface area contributed by atoms with Crippen molar-refractivity contribution in [2.24, 2.45) is 0 Å². The van der Waals surface area contributed by atoms with E-state index in [-0.39, 0.29) is 42.7 Å². The average molecular weight is 366 g/mol. The number of aromatic nitrogens is 3. The minimum atomic E-state index is -4.43. The number of aromatic amines is 1. The molecular formula is C17H17F3N4O2. The van der Waals surface area contributed by atoms with E-state index in [9.17, 15) is 22.8 Å². The van der Waals surface area contributed by atoms with Gasteiger partial charge in [-0.25, -0.2) is 0 Å². The van der Waals surface area contributed by atoms with Crippen molar-refractivity contribution in [2.75, 3.05) is 0 Å². The SMILES string of the molecule is O=C(CCc1nnc(Cc2cccc(C(F)(F)F)c2)[nH]c1=O)NC1CC1. The van der Waals surface area contributed by atoms with E-state index < -0.39 is 17.3 Å². The minimum Gasteiger partial charge on any atom is -0.353 e. The zero-order valence-electron chi connectivity index (χ0n) is 13.8. The van der Waals surface area contributed by atoms with Crippen molar-refractivity contribution >= 4 is 5.91 Å². The molecule has 0 unspecified atom stereocenters. The van der Waals surface area contributed by atoms with E-state index in [0.29, 0.717) is 5.56 Å². The van der Waals surface area contributed by atoms with Crippen LogP contribution in [0.5, 0.6) is 0 Å². The lowest BCUT2D eigenvalue weighted by Gasteiger charge is -2.08. The van der Waals surface area contributed by atoms with Crippen molar-refractivity contribution in [3.8, 4) is 0 Å². The monoisotopic (exact) mass is 366 g/mol. The Labute approximate surface area is 146 Å². The fourth-order valence-corrected chi connectivity index (χ4v) is 2.45. The Morgan fingerprint density at radius 3 is 2.69 bits per heavy atom. The third kappa shape index (κ3) is 4.90. The first-order valence-corrected chi connectivity index (χ1v) is 8.21. The van der Waals surface area contributed by atoms with E-state index in [1.807, 2.05) is 0 Å². The van der Waals surface area contributed by atoms with E-state index in [2.05, 4.69) is 20.5 Å². The normalized spacial score (nSPS) is 14.3. The summed E-state index contributed by atoms with van der Waals surface area (Å²) < 4.78 is 38.2. The lowest BCUT2D eigenvalue weighted by atomic mass is 10.1. The largest absolute Gasteiger partial charge is 0.416 e. The third-order valence-electron chi connectivity index (χ3n) is 3.97. The van der Waals surface area contributed by atoms with E-state index in [1.165, 1.54) is 12.1 Å². The standard InChI is InChI=1S/C17H17F3N4O2/c18-17(19,20)11-3-1-2-10(8-11)9-14-22-16(26)13(23-24-14)6-7-15(25)21-12-4-5-12/h1-3,8,12H,4-7,9H2,(H,21,25)(H,22,24,26). The average Bonchev–Trinajstić information content (AvgIpc) is 3.37. The summed E-state index contributed by atoms with van der Waals surface area (Å²) in [5.41, 5.74) is -0.755. The fraction of sp³-hybridized carbons (Fsp3) is 0.412. The second-order valence-electron chi connectivity index (χ2n) is 6.26. The Balaban J connectivity index is 1.64. The molecular weight excluding hydrogens is 349 g/mol. The number of carbonyl (C=O) groups excluding carboxylic acids is 1. The number of rotatable bonds is 6. The summed E-state index contributed by atoms with van der Waals surface area (Å²) in [7, 11) is 0. The van der Waals surface area contributed by atoms with Crippen molar-refractivity contribution in [3.05, 3.63) is 57.3 Å². The predicted molar refractivity (Wildman–Crippen MR) is 86.4 cm³/mol. The molecule has 3 rings (SSSR count). The van der Waals surface area contributed by atoms with Crippen molar-refractivity contribution < 1.29 is 18.0 Å². The third-order valence-corrected chi connectivity index (χ3v) is 3.97. The topological polar surface area (TPSA) is 87.7 Å². The Kier molecular flexibility index (Phi) is 5.06. The van der Waals surface area contributed by atoms with Gasteiger partial charge in [0.15, 0.2) is 0 Å². The van der Waals surface area contributed by atoms with Gasteiger partial charge in [-0.2, -0.15) is 13.2 Å². The zero-order chi connectivity index (χ0) is 18.7. The van der Waals surface area contributed by atoms with Crippen LogP contribution in [0.3, 0.4) is 0 Å². The van der Waals surface area contributed by atoms with Gasteiger partial charge in [-0.15, -0.1) is 10.2 Å². The van der Waals surface area contributed by atoms with Gasteiger partial charge in [0.2, 0.25) is 5.91 Å². The molecule has 1 amide bonds. The summed E-state index contributed by atoms with van der Waals surface area (Å²) in [6, 6.07) is 5.06. The molecule has 1 heterocycles. The molecule has 1 aromatic carbocycles. The number of hydrogen-bond donors (Lipinski definition) is 2. The Hall–Kier alpha value is -2.71. The lowest BCUT2D eigenvalue weighted by Crippen LogP contribution is -2.27. The number of hydrogen-bond acceptors (Lipinski definition) is 4. The molecule has 0 radical (unpaired) electrons. The minimum absolute atomic E-state index is 0.0224. The molecule has 0 aliphatic heterocycles. The summed E-state index contributed by atoms with van der Waals surface area (Å²) in [4.78, 5) is 26.2.